The first-order chi connectivity index (χ1) is 13.5. The highest BCUT2D eigenvalue weighted by atomic mass is 16.2. The number of anilines is 1. The van der Waals surface area contributed by atoms with Crippen LogP contribution in [0.4, 0.5) is 5.69 Å². The molecule has 1 aliphatic rings. The highest BCUT2D eigenvalue weighted by molar-refractivity contribution is 6.02. The van der Waals surface area contributed by atoms with Gasteiger partial charge >= 0.3 is 0 Å². The SMILES string of the molecule is CC(=NNC(=O)c1cccc(C)c1)c1cccc(NC(=O)C2CCCCC2)c1. The first kappa shape index (κ1) is 19.8. The molecule has 0 saturated heterocycles. The van der Waals surface area contributed by atoms with Crippen molar-refractivity contribution in [2.75, 3.05) is 5.32 Å². The van der Waals surface area contributed by atoms with Crippen LogP contribution in [0.1, 0.15) is 60.5 Å². The van der Waals surface area contributed by atoms with E-state index in [0.29, 0.717) is 11.3 Å². The fourth-order valence-corrected chi connectivity index (χ4v) is 3.48. The van der Waals surface area contributed by atoms with E-state index in [2.05, 4.69) is 15.8 Å². The minimum Gasteiger partial charge on any atom is -0.326 e. The Bertz CT molecular complexity index is 883. The number of benzene rings is 2. The highest BCUT2D eigenvalue weighted by Gasteiger charge is 2.21. The second-order valence-corrected chi connectivity index (χ2v) is 7.41. The van der Waals surface area contributed by atoms with Gasteiger partial charge in [0, 0.05) is 17.2 Å². The van der Waals surface area contributed by atoms with Crippen molar-refractivity contribution < 1.29 is 9.59 Å². The third kappa shape index (κ3) is 5.28. The van der Waals surface area contributed by atoms with E-state index in [1.165, 1.54) is 6.42 Å². The first-order valence-corrected chi connectivity index (χ1v) is 9.85. The van der Waals surface area contributed by atoms with Crippen LogP contribution in [0.25, 0.3) is 0 Å². The van der Waals surface area contributed by atoms with Gasteiger partial charge in [-0.05, 0) is 56.5 Å². The van der Waals surface area contributed by atoms with Crippen molar-refractivity contribution in [2.45, 2.75) is 46.0 Å². The maximum Gasteiger partial charge on any atom is 0.271 e. The van der Waals surface area contributed by atoms with E-state index in [-0.39, 0.29) is 17.7 Å². The van der Waals surface area contributed by atoms with Gasteiger partial charge in [0.2, 0.25) is 5.91 Å². The zero-order valence-corrected chi connectivity index (χ0v) is 16.5. The number of carbonyl (C=O) groups is 2. The molecule has 1 fully saturated rings. The summed E-state index contributed by atoms with van der Waals surface area (Å²) in [7, 11) is 0. The van der Waals surface area contributed by atoms with Crippen molar-refractivity contribution in [3.63, 3.8) is 0 Å². The van der Waals surface area contributed by atoms with Crippen molar-refractivity contribution in [3.8, 4) is 0 Å². The molecule has 2 aromatic rings. The van der Waals surface area contributed by atoms with Crippen LogP contribution in [-0.2, 0) is 4.79 Å². The number of hydrazone groups is 1. The molecule has 0 heterocycles. The van der Waals surface area contributed by atoms with Gasteiger partial charge in [0.15, 0.2) is 0 Å². The van der Waals surface area contributed by atoms with Gasteiger partial charge in [0.25, 0.3) is 5.91 Å². The number of carbonyl (C=O) groups excluding carboxylic acids is 2. The van der Waals surface area contributed by atoms with Crippen LogP contribution in [0.2, 0.25) is 0 Å². The molecule has 0 radical (unpaired) electrons. The molecule has 5 nitrogen and oxygen atoms in total. The van der Waals surface area contributed by atoms with Gasteiger partial charge < -0.3 is 5.32 Å². The van der Waals surface area contributed by atoms with Crippen molar-refractivity contribution >= 4 is 23.2 Å². The summed E-state index contributed by atoms with van der Waals surface area (Å²) in [6.07, 6.45) is 5.42. The summed E-state index contributed by atoms with van der Waals surface area (Å²) in [5.41, 5.74) is 6.48. The Morgan fingerprint density at radius 2 is 1.68 bits per heavy atom. The second kappa shape index (κ2) is 9.31. The third-order valence-corrected chi connectivity index (χ3v) is 5.13. The Hall–Kier alpha value is -2.95. The van der Waals surface area contributed by atoms with Gasteiger partial charge in [-0.1, -0.05) is 49.1 Å². The van der Waals surface area contributed by atoms with Gasteiger partial charge in [-0.2, -0.15) is 5.10 Å². The number of nitrogens with zero attached hydrogens (tertiary/aromatic N) is 1. The number of amides is 2. The smallest absolute Gasteiger partial charge is 0.271 e. The minimum absolute atomic E-state index is 0.0965. The summed E-state index contributed by atoms with van der Waals surface area (Å²) in [4.78, 5) is 24.7. The number of rotatable bonds is 5. The van der Waals surface area contributed by atoms with Crippen LogP contribution < -0.4 is 10.7 Å². The molecule has 0 spiro atoms. The molecular weight excluding hydrogens is 350 g/mol. The number of aryl methyl sites for hydroxylation is 1. The average Bonchev–Trinajstić information content (AvgIpc) is 2.72. The van der Waals surface area contributed by atoms with Crippen LogP contribution in [-0.4, -0.2) is 17.5 Å². The lowest BCUT2D eigenvalue weighted by atomic mass is 9.88. The van der Waals surface area contributed by atoms with E-state index in [1.807, 2.05) is 56.3 Å². The van der Waals surface area contributed by atoms with Crippen LogP contribution >= 0.6 is 0 Å². The van der Waals surface area contributed by atoms with E-state index in [4.69, 9.17) is 0 Å². The molecule has 3 rings (SSSR count). The van der Waals surface area contributed by atoms with E-state index < -0.39 is 0 Å². The largest absolute Gasteiger partial charge is 0.326 e. The summed E-state index contributed by atoms with van der Waals surface area (Å²) in [5.74, 6) is -0.0372. The molecule has 0 unspecified atom stereocenters. The average molecular weight is 377 g/mol. The zero-order valence-electron chi connectivity index (χ0n) is 16.5. The monoisotopic (exact) mass is 377 g/mol. The first-order valence-electron chi connectivity index (χ1n) is 9.85. The van der Waals surface area contributed by atoms with Crippen molar-refractivity contribution in [3.05, 3.63) is 65.2 Å². The molecule has 5 heteroatoms. The van der Waals surface area contributed by atoms with Gasteiger partial charge in [-0.3, -0.25) is 9.59 Å². The molecule has 0 aromatic heterocycles. The van der Waals surface area contributed by atoms with Crippen LogP contribution in [0.3, 0.4) is 0 Å². The van der Waals surface area contributed by atoms with E-state index in [1.54, 1.807) is 6.07 Å². The summed E-state index contributed by atoms with van der Waals surface area (Å²) in [5, 5.41) is 7.24. The Morgan fingerprint density at radius 3 is 2.43 bits per heavy atom. The highest BCUT2D eigenvalue weighted by Crippen LogP contribution is 2.25. The molecule has 1 aliphatic carbocycles. The third-order valence-electron chi connectivity index (χ3n) is 5.13. The Labute approximate surface area is 166 Å². The lowest BCUT2D eigenvalue weighted by Crippen LogP contribution is -2.24. The molecule has 28 heavy (non-hydrogen) atoms. The van der Waals surface area contributed by atoms with Gasteiger partial charge in [0.1, 0.15) is 0 Å². The Balaban J connectivity index is 1.64. The predicted molar refractivity (Wildman–Crippen MR) is 113 cm³/mol. The summed E-state index contributed by atoms with van der Waals surface area (Å²) in [6.45, 7) is 3.77. The van der Waals surface area contributed by atoms with E-state index in [0.717, 1.165) is 42.5 Å². The normalized spacial score (nSPS) is 15.1. The second-order valence-electron chi connectivity index (χ2n) is 7.41. The van der Waals surface area contributed by atoms with Crippen LogP contribution in [0.5, 0.6) is 0 Å². The van der Waals surface area contributed by atoms with Gasteiger partial charge in [-0.15, -0.1) is 0 Å². The lowest BCUT2D eigenvalue weighted by Gasteiger charge is -2.20. The zero-order chi connectivity index (χ0) is 19.9. The fraction of sp³-hybridized carbons (Fsp3) is 0.348. The molecule has 0 atom stereocenters. The Morgan fingerprint density at radius 1 is 0.964 bits per heavy atom. The maximum atomic E-state index is 12.4. The summed E-state index contributed by atoms with van der Waals surface area (Å²) >= 11 is 0. The van der Waals surface area contributed by atoms with Gasteiger partial charge in [-0.25, -0.2) is 5.43 Å². The van der Waals surface area contributed by atoms with Crippen molar-refractivity contribution in [1.29, 1.82) is 0 Å². The maximum absolute atomic E-state index is 12.4. The number of hydrogen-bond acceptors (Lipinski definition) is 3. The molecular formula is C23H27N3O2. The summed E-state index contributed by atoms with van der Waals surface area (Å²) < 4.78 is 0. The number of nitrogens with one attached hydrogen (secondary N) is 2. The predicted octanol–water partition coefficient (Wildman–Crippen LogP) is 4.67. The molecule has 0 aliphatic heterocycles. The topological polar surface area (TPSA) is 70.6 Å². The van der Waals surface area contributed by atoms with Gasteiger partial charge in [0.05, 0.1) is 5.71 Å². The summed E-state index contributed by atoms with van der Waals surface area (Å²) in [6, 6.07) is 14.9. The minimum atomic E-state index is -0.246. The molecule has 2 N–H and O–H groups in total. The molecule has 2 amide bonds. The number of hydrogen-bond donors (Lipinski definition) is 2. The van der Waals surface area contributed by atoms with Crippen LogP contribution in [0.15, 0.2) is 53.6 Å². The van der Waals surface area contributed by atoms with Crippen molar-refractivity contribution in [1.82, 2.24) is 5.43 Å². The van der Waals surface area contributed by atoms with Crippen LogP contribution in [0, 0.1) is 12.8 Å². The molecule has 0 bridgehead atoms. The standard InChI is InChI=1S/C23H27N3O2/c1-16-8-6-12-20(14-16)23(28)26-25-17(2)19-11-7-13-21(15-19)24-22(27)18-9-4-3-5-10-18/h6-8,11-15,18H,3-5,9-10H2,1-2H3,(H,24,27)(H,26,28). The molecule has 1 saturated carbocycles. The van der Waals surface area contributed by atoms with E-state index >= 15 is 0 Å². The molecule has 2 aromatic carbocycles. The lowest BCUT2D eigenvalue weighted by molar-refractivity contribution is -0.120. The Kier molecular flexibility index (Phi) is 6.58. The molecule has 146 valence electrons. The fourth-order valence-electron chi connectivity index (χ4n) is 3.48. The van der Waals surface area contributed by atoms with Crippen molar-refractivity contribution in [2.24, 2.45) is 11.0 Å². The van der Waals surface area contributed by atoms with E-state index in [9.17, 15) is 9.59 Å². The quantitative estimate of drug-likeness (QED) is 0.587.